The molecule has 2 aromatic carbocycles. The van der Waals surface area contributed by atoms with Crippen LogP contribution in [0.25, 0.3) is 41.6 Å². The Balaban J connectivity index is 0.000000179. The number of nitrogens with one attached hydrogen (secondary N) is 3. The van der Waals surface area contributed by atoms with Crippen molar-refractivity contribution in [1.82, 2.24) is 44.6 Å². The number of hydrogen-bond donors (Lipinski definition) is 4. The molecular formula is C54H64N12O6S4. The molecule has 2 aliphatic rings. The second-order valence-electron chi connectivity index (χ2n) is 20.1. The van der Waals surface area contributed by atoms with Crippen molar-refractivity contribution in [3.63, 3.8) is 0 Å². The number of carbonyl (C=O) groups is 4. The number of fused-ring (bicyclic) bond motifs is 4. The number of amides is 4. The first-order valence-corrected chi connectivity index (χ1v) is 28.1. The van der Waals surface area contributed by atoms with Crippen LogP contribution in [0.3, 0.4) is 0 Å². The van der Waals surface area contributed by atoms with Crippen LogP contribution in [0.1, 0.15) is 80.0 Å². The number of aromatic nitrogens is 6. The molecule has 400 valence electrons. The van der Waals surface area contributed by atoms with Gasteiger partial charge in [-0.1, -0.05) is 30.8 Å². The molecule has 0 saturated carbocycles. The normalized spacial score (nSPS) is 13.2. The van der Waals surface area contributed by atoms with E-state index in [0.717, 1.165) is 83.6 Å². The zero-order chi connectivity index (χ0) is 54.3. The largest absolute Gasteiger partial charge is 0.444 e. The highest BCUT2D eigenvalue weighted by Crippen LogP contribution is 2.47. The van der Waals surface area contributed by atoms with Gasteiger partial charge in [0.25, 0.3) is 0 Å². The fraction of sp³-hybridized carbons (Fsp3) is 0.370. The van der Waals surface area contributed by atoms with E-state index >= 15 is 0 Å². The number of thiazole rings is 2. The van der Waals surface area contributed by atoms with Crippen LogP contribution in [0.5, 0.6) is 0 Å². The Bertz CT molecular complexity index is 3300. The lowest BCUT2D eigenvalue weighted by Gasteiger charge is -2.30. The van der Waals surface area contributed by atoms with E-state index in [1.807, 2.05) is 117 Å². The van der Waals surface area contributed by atoms with Crippen molar-refractivity contribution in [3.05, 3.63) is 118 Å². The Kier molecular flexibility index (Phi) is 17.5. The van der Waals surface area contributed by atoms with Crippen molar-refractivity contribution >= 4 is 99.8 Å². The fourth-order valence-corrected chi connectivity index (χ4v) is 13.1. The van der Waals surface area contributed by atoms with E-state index < -0.39 is 11.2 Å². The first kappa shape index (κ1) is 55.4. The van der Waals surface area contributed by atoms with Crippen molar-refractivity contribution in [1.29, 1.82) is 0 Å². The highest BCUT2D eigenvalue weighted by Gasteiger charge is 2.33. The lowest BCUT2D eigenvalue weighted by atomic mass is 10.0. The number of nitrogens with zero attached hydrogens (tertiary/aromatic N) is 8. The van der Waals surface area contributed by atoms with Gasteiger partial charge in [0.15, 0.2) is 0 Å². The van der Waals surface area contributed by atoms with Gasteiger partial charge in [-0.25, -0.2) is 19.6 Å². The van der Waals surface area contributed by atoms with Gasteiger partial charge in [-0.15, -0.1) is 45.3 Å². The minimum atomic E-state index is -0.552. The van der Waals surface area contributed by atoms with Gasteiger partial charge < -0.3 is 41.0 Å². The van der Waals surface area contributed by atoms with Gasteiger partial charge >= 0.3 is 12.2 Å². The maximum Gasteiger partial charge on any atom is 0.410 e. The van der Waals surface area contributed by atoms with Gasteiger partial charge in [0.1, 0.15) is 31.2 Å². The maximum atomic E-state index is 13.0. The Morgan fingerprint density at radius 3 is 1.59 bits per heavy atom. The van der Waals surface area contributed by atoms with Crippen LogP contribution in [0.2, 0.25) is 0 Å². The van der Waals surface area contributed by atoms with Crippen molar-refractivity contribution in [2.45, 2.75) is 98.2 Å². The summed E-state index contributed by atoms with van der Waals surface area (Å²) in [5.41, 5.74) is 12.5. The van der Waals surface area contributed by atoms with Gasteiger partial charge in [0, 0.05) is 97.6 Å². The monoisotopic (exact) mass is 1100 g/mol. The third-order valence-electron chi connectivity index (χ3n) is 11.7. The van der Waals surface area contributed by atoms with E-state index in [2.05, 4.69) is 38.8 Å². The molecule has 0 fully saturated rings. The molecule has 0 aliphatic carbocycles. The molecule has 5 N–H and O–H groups in total. The van der Waals surface area contributed by atoms with Crippen LogP contribution in [0.15, 0.2) is 86.0 Å². The molecule has 8 aromatic rings. The minimum Gasteiger partial charge on any atom is -0.444 e. The van der Waals surface area contributed by atoms with Gasteiger partial charge in [-0.2, -0.15) is 10.2 Å². The number of carbonyl (C=O) groups excluding carboxylic acids is 4. The standard InChI is InChI=1S/C27H32N6O3S2.C22H23N3O3S2.C5H9N3/c1-27(2,3)36-26(35)33-12-10-18-21(16-33)38-25(23(18)24-30-19-7-5-6-8-20(19)37-24)31-22(34)9-11-28-13-17-14-29-32(4)15-17;1-5-17(26)24-20-18(19-23-14-8-6-7-9-15(14)29-19)13-10-11-25(12-16(13)30-20)21(27)28-22(2,3)4;1-8-4-5(2-6)3-7-8/h5-8,14-15,28H,9-13,16H2,1-4H3,(H,31,34);5-9H,1,10-12H2,2-4H3,(H,24,26);3-4H,2,6H2,1H3. The number of nitrogens with two attached hydrogens (primary N) is 1. The van der Waals surface area contributed by atoms with Gasteiger partial charge in [0.05, 0.1) is 45.9 Å². The second kappa shape index (κ2) is 24.0. The van der Waals surface area contributed by atoms with Crippen LogP contribution < -0.4 is 21.7 Å². The number of para-hydroxylation sites is 2. The second-order valence-corrected chi connectivity index (χ2v) is 24.4. The number of anilines is 2. The van der Waals surface area contributed by atoms with E-state index in [1.165, 1.54) is 28.7 Å². The van der Waals surface area contributed by atoms with Crippen molar-refractivity contribution in [2.24, 2.45) is 19.8 Å². The topological polar surface area (TPSA) is 217 Å². The Labute approximate surface area is 457 Å². The number of benzene rings is 2. The molecule has 18 nitrogen and oxygen atoms in total. The van der Waals surface area contributed by atoms with E-state index in [1.54, 1.807) is 48.0 Å². The summed E-state index contributed by atoms with van der Waals surface area (Å²) >= 11 is 6.24. The summed E-state index contributed by atoms with van der Waals surface area (Å²) in [5, 5.41) is 20.8. The van der Waals surface area contributed by atoms with E-state index in [-0.39, 0.29) is 24.0 Å². The highest BCUT2D eigenvalue weighted by atomic mass is 32.1. The molecule has 76 heavy (non-hydrogen) atoms. The SMILES string of the molecule is C=CC(=O)Nc1sc2c(c1-c1nc3ccccc3s1)CCN(C(=O)OC(C)(C)C)C2.Cn1cc(CN)cn1.Cn1cc(CNCCC(=O)Nc2sc3c(c2-c2nc4ccccc4s2)CCN(C(=O)OC(C)(C)C)C3)cn1. The maximum absolute atomic E-state index is 13.0. The highest BCUT2D eigenvalue weighted by molar-refractivity contribution is 7.23. The molecule has 0 atom stereocenters. The Hall–Kier alpha value is -6.82. The van der Waals surface area contributed by atoms with E-state index in [9.17, 15) is 19.2 Å². The predicted molar refractivity (Wildman–Crippen MR) is 305 cm³/mol. The first-order valence-electron chi connectivity index (χ1n) is 24.8. The zero-order valence-corrected chi connectivity index (χ0v) is 47.3. The number of ether oxygens (including phenoxy) is 2. The molecule has 0 bridgehead atoms. The molecule has 2 aliphatic heterocycles. The summed E-state index contributed by atoms with van der Waals surface area (Å²) < 4.78 is 16.8. The molecule has 0 unspecified atom stereocenters. The van der Waals surface area contributed by atoms with Gasteiger partial charge in [-0.05, 0) is 95.9 Å². The van der Waals surface area contributed by atoms with Crippen molar-refractivity contribution < 1.29 is 28.7 Å². The summed E-state index contributed by atoms with van der Waals surface area (Å²) in [7, 11) is 3.76. The third kappa shape index (κ3) is 14.2. The minimum absolute atomic E-state index is 0.0614. The number of rotatable bonds is 11. The zero-order valence-electron chi connectivity index (χ0n) is 44.0. The Morgan fingerprint density at radius 1 is 0.697 bits per heavy atom. The summed E-state index contributed by atoms with van der Waals surface area (Å²) in [4.78, 5) is 65.6. The molecule has 0 radical (unpaired) electrons. The van der Waals surface area contributed by atoms with E-state index in [0.29, 0.717) is 65.1 Å². The van der Waals surface area contributed by atoms with Crippen molar-refractivity contribution in [3.8, 4) is 21.1 Å². The van der Waals surface area contributed by atoms with Crippen LogP contribution in [-0.2, 0) is 72.2 Å². The molecule has 10 rings (SSSR count). The molecule has 6 aromatic heterocycles. The fourth-order valence-electron chi connectivity index (χ4n) is 8.29. The van der Waals surface area contributed by atoms with Crippen LogP contribution in [0, 0.1) is 0 Å². The smallest absolute Gasteiger partial charge is 0.410 e. The number of aryl methyl sites for hydroxylation is 2. The van der Waals surface area contributed by atoms with E-state index in [4.69, 9.17) is 25.2 Å². The first-order chi connectivity index (χ1) is 36.2. The summed E-state index contributed by atoms with van der Waals surface area (Å²) in [5.74, 6) is -0.325. The van der Waals surface area contributed by atoms with Gasteiger partial charge in [0.2, 0.25) is 11.8 Å². The lowest BCUT2D eigenvalue weighted by Crippen LogP contribution is -2.39. The quantitative estimate of drug-likeness (QED) is 0.0703. The molecule has 0 saturated heterocycles. The number of hydrogen-bond acceptors (Lipinski definition) is 16. The average molecular weight is 1110 g/mol. The van der Waals surface area contributed by atoms with Crippen LogP contribution in [0.4, 0.5) is 19.6 Å². The van der Waals surface area contributed by atoms with Gasteiger partial charge in [-0.3, -0.25) is 19.0 Å². The molecular weight excluding hydrogens is 1040 g/mol. The summed E-state index contributed by atoms with van der Waals surface area (Å²) in [6.07, 6.45) is 9.75. The molecule has 0 spiro atoms. The molecule has 4 amide bonds. The van der Waals surface area contributed by atoms with Crippen LogP contribution >= 0.6 is 45.3 Å². The average Bonchev–Trinajstić information content (AvgIpc) is 4.27. The Morgan fingerprint density at radius 2 is 1.17 bits per heavy atom. The third-order valence-corrected chi connectivity index (χ3v) is 16.1. The summed E-state index contributed by atoms with van der Waals surface area (Å²) in [6, 6.07) is 16.0. The molecule has 8 heterocycles. The predicted octanol–water partition coefficient (Wildman–Crippen LogP) is 10.5. The number of thiophene rings is 2. The van der Waals surface area contributed by atoms with Crippen LogP contribution in [-0.4, -0.2) is 94.2 Å². The molecule has 22 heteroatoms. The summed E-state index contributed by atoms with van der Waals surface area (Å²) in [6.45, 7) is 18.6. The van der Waals surface area contributed by atoms with Crippen molar-refractivity contribution in [2.75, 3.05) is 30.3 Å². The lowest BCUT2D eigenvalue weighted by molar-refractivity contribution is -0.116.